The summed E-state index contributed by atoms with van der Waals surface area (Å²) in [6.45, 7) is 0. The Morgan fingerprint density at radius 3 is 2.44 bits per heavy atom. The molecule has 1 aromatic carbocycles. The fourth-order valence-corrected chi connectivity index (χ4v) is 1.79. The summed E-state index contributed by atoms with van der Waals surface area (Å²) >= 11 is 0. The van der Waals surface area contributed by atoms with Gasteiger partial charge in [0.05, 0.1) is 0 Å². The highest BCUT2D eigenvalue weighted by atomic mass is 19.1. The number of nitrogen functional groups attached to an aromatic ring is 1. The maximum absolute atomic E-state index is 13.1. The number of hydrogen-bond acceptors (Lipinski definition) is 3. The van der Waals surface area contributed by atoms with E-state index >= 15 is 0 Å². The number of pyridine rings is 1. The van der Waals surface area contributed by atoms with Crippen molar-refractivity contribution in [2.45, 2.75) is 0 Å². The smallest absolute Gasteiger partial charge is 0.240 e. The third-order valence-electron chi connectivity index (χ3n) is 2.54. The summed E-state index contributed by atoms with van der Waals surface area (Å²) in [6, 6.07) is 6.73. The molecule has 0 spiro atoms. The van der Waals surface area contributed by atoms with Gasteiger partial charge in [0.15, 0.2) is 5.65 Å². The molecule has 0 aliphatic carbocycles. The lowest BCUT2D eigenvalue weighted by molar-refractivity contribution is 0.584. The zero-order valence-electron chi connectivity index (χ0n) is 9.14. The summed E-state index contributed by atoms with van der Waals surface area (Å²) in [6.07, 6.45) is 1.62. The lowest BCUT2D eigenvalue weighted by atomic mass is 10.1. The van der Waals surface area contributed by atoms with Crippen molar-refractivity contribution in [1.82, 2.24) is 14.6 Å². The van der Waals surface area contributed by atoms with Crippen LogP contribution in [0.15, 0.2) is 36.5 Å². The summed E-state index contributed by atoms with van der Waals surface area (Å²) in [5.74, 6) is -1.09. The largest absolute Gasteiger partial charge is 0.366 e. The Hall–Kier alpha value is -2.50. The average molecular weight is 246 g/mol. The van der Waals surface area contributed by atoms with Crippen molar-refractivity contribution in [1.29, 1.82) is 0 Å². The van der Waals surface area contributed by atoms with Crippen molar-refractivity contribution in [3.63, 3.8) is 0 Å². The van der Waals surface area contributed by atoms with Gasteiger partial charge < -0.3 is 5.73 Å². The van der Waals surface area contributed by atoms with Gasteiger partial charge in [-0.3, -0.25) is 0 Å². The molecule has 0 atom stereocenters. The number of nitrogens with two attached hydrogens (primary N) is 1. The number of halogens is 2. The topological polar surface area (TPSA) is 56.2 Å². The first kappa shape index (κ1) is 10.6. The molecule has 3 rings (SSSR count). The molecule has 2 aromatic heterocycles. The molecule has 18 heavy (non-hydrogen) atoms. The highest BCUT2D eigenvalue weighted by Crippen LogP contribution is 2.22. The highest BCUT2D eigenvalue weighted by molar-refractivity contribution is 5.64. The lowest BCUT2D eigenvalue weighted by Gasteiger charge is -2.02. The Morgan fingerprint density at radius 1 is 1.00 bits per heavy atom. The summed E-state index contributed by atoms with van der Waals surface area (Å²) in [4.78, 5) is 3.96. The SMILES string of the molecule is Nc1nc2ccc(-c3cc(F)cc(F)c3)cn2n1. The number of anilines is 1. The van der Waals surface area contributed by atoms with Gasteiger partial charge in [0.1, 0.15) is 11.6 Å². The van der Waals surface area contributed by atoms with E-state index in [1.807, 2.05) is 0 Å². The fraction of sp³-hybridized carbons (Fsp3) is 0. The van der Waals surface area contributed by atoms with E-state index in [9.17, 15) is 8.78 Å². The van der Waals surface area contributed by atoms with Crippen molar-refractivity contribution < 1.29 is 8.78 Å². The van der Waals surface area contributed by atoms with Gasteiger partial charge in [0.25, 0.3) is 0 Å². The standard InChI is InChI=1S/C12H8F2N4/c13-9-3-8(4-10(14)5-9)7-1-2-11-16-12(15)17-18(11)6-7/h1-6H,(H2,15,17). The fourth-order valence-electron chi connectivity index (χ4n) is 1.79. The van der Waals surface area contributed by atoms with Gasteiger partial charge in [-0.2, -0.15) is 4.98 Å². The molecular weight excluding hydrogens is 238 g/mol. The average Bonchev–Trinajstić information content (AvgIpc) is 2.66. The van der Waals surface area contributed by atoms with Gasteiger partial charge in [0.2, 0.25) is 5.95 Å². The molecule has 4 nitrogen and oxygen atoms in total. The van der Waals surface area contributed by atoms with E-state index in [2.05, 4.69) is 10.1 Å². The summed E-state index contributed by atoms with van der Waals surface area (Å²) in [5.41, 5.74) is 7.11. The molecule has 90 valence electrons. The van der Waals surface area contributed by atoms with Gasteiger partial charge >= 0.3 is 0 Å². The minimum Gasteiger partial charge on any atom is -0.366 e. The van der Waals surface area contributed by atoms with Crippen LogP contribution in [0.3, 0.4) is 0 Å². The van der Waals surface area contributed by atoms with E-state index in [-0.39, 0.29) is 5.95 Å². The van der Waals surface area contributed by atoms with Crippen LogP contribution in [0.1, 0.15) is 0 Å². The van der Waals surface area contributed by atoms with Crippen LogP contribution < -0.4 is 5.73 Å². The normalized spacial score (nSPS) is 11.0. The van der Waals surface area contributed by atoms with Crippen molar-refractivity contribution in [3.8, 4) is 11.1 Å². The van der Waals surface area contributed by atoms with Crippen LogP contribution in [0.5, 0.6) is 0 Å². The number of nitrogens with zero attached hydrogens (tertiary/aromatic N) is 3. The van der Waals surface area contributed by atoms with Crippen LogP contribution in [0.25, 0.3) is 16.8 Å². The highest BCUT2D eigenvalue weighted by Gasteiger charge is 2.06. The summed E-state index contributed by atoms with van der Waals surface area (Å²) in [7, 11) is 0. The second-order valence-electron chi connectivity index (χ2n) is 3.85. The summed E-state index contributed by atoms with van der Waals surface area (Å²) in [5, 5.41) is 3.94. The van der Waals surface area contributed by atoms with Crippen LogP contribution in [-0.2, 0) is 0 Å². The summed E-state index contributed by atoms with van der Waals surface area (Å²) < 4.78 is 27.7. The molecule has 0 bridgehead atoms. The Balaban J connectivity index is 2.18. The molecule has 0 aliphatic rings. The van der Waals surface area contributed by atoms with Gasteiger partial charge in [-0.15, -0.1) is 5.10 Å². The van der Waals surface area contributed by atoms with E-state index in [0.29, 0.717) is 16.8 Å². The lowest BCUT2D eigenvalue weighted by Crippen LogP contribution is -1.91. The van der Waals surface area contributed by atoms with Crippen molar-refractivity contribution in [3.05, 3.63) is 48.2 Å². The first-order valence-electron chi connectivity index (χ1n) is 5.20. The van der Waals surface area contributed by atoms with Crippen LogP contribution in [0, 0.1) is 11.6 Å². The molecule has 0 aliphatic heterocycles. The second kappa shape index (κ2) is 3.76. The molecular formula is C12H8F2N4. The van der Waals surface area contributed by atoms with Gasteiger partial charge in [-0.1, -0.05) is 0 Å². The molecule has 2 heterocycles. The number of rotatable bonds is 1. The predicted octanol–water partition coefficient (Wildman–Crippen LogP) is 2.26. The molecule has 0 amide bonds. The van der Waals surface area contributed by atoms with Gasteiger partial charge in [-0.05, 0) is 29.8 Å². The van der Waals surface area contributed by atoms with Crippen molar-refractivity contribution in [2.24, 2.45) is 0 Å². The molecule has 3 aromatic rings. The second-order valence-corrected chi connectivity index (χ2v) is 3.85. The van der Waals surface area contributed by atoms with E-state index in [4.69, 9.17) is 5.73 Å². The van der Waals surface area contributed by atoms with E-state index < -0.39 is 11.6 Å². The first-order chi connectivity index (χ1) is 8.61. The Kier molecular flexibility index (Phi) is 2.22. The Bertz CT molecular complexity index is 716. The van der Waals surface area contributed by atoms with Crippen LogP contribution in [-0.4, -0.2) is 14.6 Å². The zero-order chi connectivity index (χ0) is 12.7. The number of fused-ring (bicyclic) bond motifs is 1. The molecule has 0 fully saturated rings. The number of hydrogen-bond donors (Lipinski definition) is 1. The monoisotopic (exact) mass is 246 g/mol. The predicted molar refractivity (Wildman–Crippen MR) is 62.8 cm³/mol. The van der Waals surface area contributed by atoms with Crippen LogP contribution >= 0.6 is 0 Å². The molecule has 2 N–H and O–H groups in total. The van der Waals surface area contributed by atoms with Gasteiger partial charge in [-0.25, -0.2) is 13.3 Å². The molecule has 0 saturated carbocycles. The third kappa shape index (κ3) is 1.77. The first-order valence-corrected chi connectivity index (χ1v) is 5.20. The van der Waals surface area contributed by atoms with E-state index in [1.165, 1.54) is 16.6 Å². The molecule has 0 radical (unpaired) electrons. The molecule has 0 unspecified atom stereocenters. The number of aromatic nitrogens is 3. The number of benzene rings is 1. The quantitative estimate of drug-likeness (QED) is 0.716. The maximum atomic E-state index is 13.1. The maximum Gasteiger partial charge on any atom is 0.240 e. The van der Waals surface area contributed by atoms with Crippen molar-refractivity contribution >= 4 is 11.6 Å². The van der Waals surface area contributed by atoms with Gasteiger partial charge in [0, 0.05) is 17.8 Å². The zero-order valence-corrected chi connectivity index (χ0v) is 9.14. The third-order valence-corrected chi connectivity index (χ3v) is 2.54. The Labute approximate surface area is 101 Å². The minimum absolute atomic E-state index is 0.151. The van der Waals surface area contributed by atoms with Crippen molar-refractivity contribution in [2.75, 3.05) is 5.73 Å². The Morgan fingerprint density at radius 2 is 1.72 bits per heavy atom. The van der Waals surface area contributed by atoms with Crippen LogP contribution in [0.2, 0.25) is 0 Å². The van der Waals surface area contributed by atoms with E-state index in [1.54, 1.807) is 18.3 Å². The van der Waals surface area contributed by atoms with E-state index in [0.717, 1.165) is 6.07 Å². The molecule has 6 heteroatoms. The minimum atomic E-state index is -0.622. The molecule has 0 saturated heterocycles. The van der Waals surface area contributed by atoms with Crippen LogP contribution in [0.4, 0.5) is 14.7 Å².